The summed E-state index contributed by atoms with van der Waals surface area (Å²) in [4.78, 5) is 7.95. The summed E-state index contributed by atoms with van der Waals surface area (Å²) in [5.74, 6) is 0.688. The van der Waals surface area contributed by atoms with Gasteiger partial charge < -0.3 is 20.7 Å². The minimum Gasteiger partial charge on any atom is -0.476 e. The van der Waals surface area contributed by atoms with Crippen LogP contribution in [0.5, 0.6) is 5.88 Å². The van der Waals surface area contributed by atoms with Crippen LogP contribution in [0.15, 0.2) is 11.4 Å². The molecule has 6 nitrogen and oxygen atoms in total. The SMILES string of the molecule is CCCOc1ncnc(SCC(O)CO)c1N. The molecule has 0 radical (unpaired) electrons. The Bertz CT molecular complexity index is 352. The van der Waals surface area contributed by atoms with Crippen LogP contribution in [0.2, 0.25) is 0 Å². The van der Waals surface area contributed by atoms with Crippen molar-refractivity contribution in [3.63, 3.8) is 0 Å². The number of nitrogens with two attached hydrogens (primary N) is 1. The molecule has 1 unspecified atom stereocenters. The Morgan fingerprint density at radius 3 is 2.94 bits per heavy atom. The summed E-state index contributed by atoms with van der Waals surface area (Å²) in [5.41, 5.74) is 6.21. The average Bonchev–Trinajstić information content (AvgIpc) is 2.35. The Hall–Kier alpha value is -1.05. The van der Waals surface area contributed by atoms with Crippen molar-refractivity contribution in [2.45, 2.75) is 24.5 Å². The summed E-state index contributed by atoms with van der Waals surface area (Å²) in [7, 11) is 0. The van der Waals surface area contributed by atoms with E-state index in [1.807, 2.05) is 6.92 Å². The zero-order valence-electron chi connectivity index (χ0n) is 9.67. The number of nitrogen functional groups attached to an aromatic ring is 1. The van der Waals surface area contributed by atoms with Gasteiger partial charge in [-0.3, -0.25) is 0 Å². The van der Waals surface area contributed by atoms with E-state index >= 15 is 0 Å². The lowest BCUT2D eigenvalue weighted by molar-refractivity contribution is 0.113. The maximum atomic E-state index is 9.23. The van der Waals surface area contributed by atoms with Gasteiger partial charge in [-0.25, -0.2) is 4.98 Å². The van der Waals surface area contributed by atoms with Gasteiger partial charge in [0.2, 0.25) is 5.88 Å². The van der Waals surface area contributed by atoms with E-state index < -0.39 is 6.10 Å². The van der Waals surface area contributed by atoms with Crippen molar-refractivity contribution in [1.29, 1.82) is 0 Å². The molecule has 0 saturated carbocycles. The fourth-order valence-electron chi connectivity index (χ4n) is 1.02. The van der Waals surface area contributed by atoms with E-state index in [0.717, 1.165) is 6.42 Å². The van der Waals surface area contributed by atoms with Crippen LogP contribution in [0.25, 0.3) is 0 Å². The molecule has 0 fully saturated rings. The smallest absolute Gasteiger partial charge is 0.241 e. The third-order valence-corrected chi connectivity index (χ3v) is 3.03. The van der Waals surface area contributed by atoms with Crippen LogP contribution in [-0.4, -0.2) is 45.3 Å². The fraction of sp³-hybridized carbons (Fsp3) is 0.600. The van der Waals surface area contributed by atoms with Crippen molar-refractivity contribution in [3.05, 3.63) is 6.33 Å². The highest BCUT2D eigenvalue weighted by Gasteiger charge is 2.11. The lowest BCUT2D eigenvalue weighted by Crippen LogP contribution is -2.15. The first kappa shape index (κ1) is 14.0. The van der Waals surface area contributed by atoms with Gasteiger partial charge in [-0.2, -0.15) is 4.98 Å². The van der Waals surface area contributed by atoms with Crippen molar-refractivity contribution >= 4 is 17.4 Å². The summed E-state index contributed by atoms with van der Waals surface area (Å²) in [5, 5.41) is 18.5. The molecule has 0 aliphatic carbocycles. The van der Waals surface area contributed by atoms with Crippen LogP contribution < -0.4 is 10.5 Å². The molecular formula is C10H17N3O3S. The van der Waals surface area contributed by atoms with E-state index in [0.29, 0.717) is 29.0 Å². The van der Waals surface area contributed by atoms with E-state index in [-0.39, 0.29) is 6.61 Å². The normalized spacial score (nSPS) is 12.4. The number of hydrogen-bond donors (Lipinski definition) is 3. The Kier molecular flexibility index (Phi) is 6.03. The van der Waals surface area contributed by atoms with Crippen LogP contribution >= 0.6 is 11.8 Å². The molecule has 0 bridgehead atoms. The van der Waals surface area contributed by atoms with Gasteiger partial charge in [-0.1, -0.05) is 6.92 Å². The largest absolute Gasteiger partial charge is 0.476 e. The Morgan fingerprint density at radius 2 is 2.29 bits per heavy atom. The Morgan fingerprint density at radius 1 is 1.53 bits per heavy atom. The van der Waals surface area contributed by atoms with E-state index in [9.17, 15) is 5.11 Å². The number of aliphatic hydroxyl groups excluding tert-OH is 2. The number of thioether (sulfide) groups is 1. The third-order valence-electron chi connectivity index (χ3n) is 1.88. The topological polar surface area (TPSA) is 101 Å². The molecule has 0 aliphatic heterocycles. The number of anilines is 1. The Labute approximate surface area is 104 Å². The number of aliphatic hydroxyl groups is 2. The molecule has 4 N–H and O–H groups in total. The molecule has 0 amide bonds. The first-order valence-electron chi connectivity index (χ1n) is 5.34. The molecule has 96 valence electrons. The second-order valence-corrected chi connectivity index (χ2v) is 4.40. The molecule has 1 aromatic rings. The van der Waals surface area contributed by atoms with Gasteiger partial charge in [0.05, 0.1) is 19.3 Å². The van der Waals surface area contributed by atoms with Gasteiger partial charge in [0, 0.05) is 5.75 Å². The van der Waals surface area contributed by atoms with Gasteiger partial charge in [0.15, 0.2) is 0 Å². The highest BCUT2D eigenvalue weighted by molar-refractivity contribution is 7.99. The molecule has 1 rings (SSSR count). The number of hydrogen-bond acceptors (Lipinski definition) is 7. The molecular weight excluding hydrogens is 242 g/mol. The fourth-order valence-corrected chi connectivity index (χ4v) is 1.84. The summed E-state index contributed by atoms with van der Waals surface area (Å²) < 4.78 is 5.36. The van der Waals surface area contributed by atoms with Gasteiger partial charge in [-0.15, -0.1) is 11.8 Å². The van der Waals surface area contributed by atoms with Crippen LogP contribution in [0.3, 0.4) is 0 Å². The molecule has 0 spiro atoms. The van der Waals surface area contributed by atoms with Crippen LogP contribution in [-0.2, 0) is 0 Å². The zero-order valence-corrected chi connectivity index (χ0v) is 10.5. The molecule has 1 heterocycles. The molecule has 7 heteroatoms. The number of aromatic nitrogens is 2. The lowest BCUT2D eigenvalue weighted by Gasteiger charge is -2.10. The lowest BCUT2D eigenvalue weighted by atomic mass is 10.4. The second kappa shape index (κ2) is 7.31. The summed E-state index contributed by atoms with van der Waals surface area (Å²) in [6.45, 7) is 2.26. The van der Waals surface area contributed by atoms with Gasteiger partial charge in [0.1, 0.15) is 17.0 Å². The molecule has 0 saturated heterocycles. The standard InChI is InChI=1S/C10H17N3O3S/c1-2-3-16-9-8(11)10(13-6-12-9)17-5-7(15)4-14/h6-7,14-15H,2-5,11H2,1H3. The van der Waals surface area contributed by atoms with E-state index in [1.165, 1.54) is 18.1 Å². The van der Waals surface area contributed by atoms with Crippen molar-refractivity contribution in [1.82, 2.24) is 9.97 Å². The summed E-state index contributed by atoms with van der Waals surface area (Å²) >= 11 is 1.26. The van der Waals surface area contributed by atoms with Crippen molar-refractivity contribution in [2.24, 2.45) is 0 Å². The molecule has 0 aliphatic rings. The minimum absolute atomic E-state index is 0.281. The molecule has 1 atom stereocenters. The quantitative estimate of drug-likeness (QED) is 0.478. The number of nitrogens with zero attached hydrogens (tertiary/aromatic N) is 2. The predicted octanol–water partition coefficient (Wildman–Crippen LogP) is 0.293. The highest BCUT2D eigenvalue weighted by atomic mass is 32.2. The molecule has 17 heavy (non-hydrogen) atoms. The average molecular weight is 259 g/mol. The zero-order chi connectivity index (χ0) is 12.7. The van der Waals surface area contributed by atoms with Crippen LogP contribution in [0, 0.1) is 0 Å². The monoisotopic (exact) mass is 259 g/mol. The van der Waals surface area contributed by atoms with Crippen molar-refractivity contribution in [2.75, 3.05) is 24.7 Å². The van der Waals surface area contributed by atoms with Crippen LogP contribution in [0.1, 0.15) is 13.3 Å². The van der Waals surface area contributed by atoms with E-state index in [4.69, 9.17) is 15.6 Å². The van der Waals surface area contributed by atoms with Crippen molar-refractivity contribution in [3.8, 4) is 5.88 Å². The third kappa shape index (κ3) is 4.37. The highest BCUT2D eigenvalue weighted by Crippen LogP contribution is 2.28. The van der Waals surface area contributed by atoms with Gasteiger partial charge in [0.25, 0.3) is 0 Å². The van der Waals surface area contributed by atoms with Gasteiger partial charge >= 0.3 is 0 Å². The molecule has 1 aromatic heterocycles. The van der Waals surface area contributed by atoms with E-state index in [1.54, 1.807) is 0 Å². The summed E-state index contributed by atoms with van der Waals surface area (Å²) in [6, 6.07) is 0. The first-order valence-corrected chi connectivity index (χ1v) is 6.32. The van der Waals surface area contributed by atoms with Crippen LogP contribution in [0.4, 0.5) is 5.69 Å². The maximum Gasteiger partial charge on any atom is 0.241 e. The number of rotatable bonds is 7. The Balaban J connectivity index is 2.65. The molecule has 0 aromatic carbocycles. The summed E-state index contributed by atoms with van der Waals surface area (Å²) in [6.07, 6.45) is 1.46. The first-order chi connectivity index (χ1) is 8.19. The minimum atomic E-state index is -0.783. The van der Waals surface area contributed by atoms with Crippen molar-refractivity contribution < 1.29 is 14.9 Å². The number of ether oxygens (including phenoxy) is 1. The maximum absolute atomic E-state index is 9.23. The van der Waals surface area contributed by atoms with Gasteiger partial charge in [-0.05, 0) is 6.42 Å². The van der Waals surface area contributed by atoms with E-state index in [2.05, 4.69) is 9.97 Å². The predicted molar refractivity (Wildman–Crippen MR) is 66.0 cm³/mol. The second-order valence-electron chi connectivity index (χ2n) is 3.39.